The number of benzene rings is 2. The summed E-state index contributed by atoms with van der Waals surface area (Å²) in [7, 11) is 2.14. The predicted molar refractivity (Wildman–Crippen MR) is 156 cm³/mol. The molecule has 224 valence electrons. The lowest BCUT2D eigenvalue weighted by Gasteiger charge is -2.48. The van der Waals surface area contributed by atoms with E-state index in [1.165, 1.54) is 33.2 Å². The first-order valence-electron chi connectivity index (χ1n) is 15.5. The number of carbonyl (C=O) groups excluding carboxylic acids is 3. The van der Waals surface area contributed by atoms with Crippen LogP contribution in [-0.4, -0.2) is 87.5 Å². The van der Waals surface area contributed by atoms with Gasteiger partial charge in [0.2, 0.25) is 17.5 Å². The van der Waals surface area contributed by atoms with Crippen LogP contribution in [0.5, 0.6) is 0 Å². The summed E-state index contributed by atoms with van der Waals surface area (Å²) < 4.78 is 6.26. The Balaban J connectivity index is 1.08. The van der Waals surface area contributed by atoms with Gasteiger partial charge in [0.15, 0.2) is 0 Å². The number of aromatic amines is 1. The zero-order chi connectivity index (χ0) is 29.7. The first kappa shape index (κ1) is 26.9. The summed E-state index contributed by atoms with van der Waals surface area (Å²) in [5.74, 6) is -3.20. The van der Waals surface area contributed by atoms with E-state index in [0.29, 0.717) is 38.4 Å². The van der Waals surface area contributed by atoms with Gasteiger partial charge >= 0.3 is 0 Å². The maximum absolute atomic E-state index is 14.2. The second-order valence-electron chi connectivity index (χ2n) is 13.3. The highest BCUT2D eigenvalue weighted by Gasteiger charge is 2.70. The van der Waals surface area contributed by atoms with Crippen molar-refractivity contribution >= 4 is 28.6 Å². The van der Waals surface area contributed by atoms with Crippen LogP contribution in [-0.2, 0) is 32.0 Å². The summed E-state index contributed by atoms with van der Waals surface area (Å²) in [5, 5.41) is 16.3. The van der Waals surface area contributed by atoms with Gasteiger partial charge in [0.1, 0.15) is 12.1 Å². The van der Waals surface area contributed by atoms with E-state index in [1.54, 1.807) is 4.90 Å². The SMILES string of the molecule is C[NH+]1C[C@H](C(=O)N[C@]2(C)O[C@@]3(O)[C@@H]4CCCN4C(=O)[C@H](Cc4ccccc4)N3C2=O)C[C@@H]2c3cccc4[nH]cc(c34)C[C@H]21. The smallest absolute Gasteiger partial charge is 0.280 e. The number of carbonyl (C=O) groups is 3. The van der Waals surface area contributed by atoms with Gasteiger partial charge in [-0.05, 0) is 48.9 Å². The van der Waals surface area contributed by atoms with Crippen molar-refractivity contribution in [2.45, 2.75) is 74.7 Å². The van der Waals surface area contributed by atoms with Crippen LogP contribution >= 0.6 is 0 Å². The van der Waals surface area contributed by atoms with Crippen LogP contribution in [0, 0.1) is 5.92 Å². The number of aliphatic hydroxyl groups is 1. The number of ether oxygens (including phenoxy) is 1. The van der Waals surface area contributed by atoms with Crippen LogP contribution in [0.4, 0.5) is 0 Å². The van der Waals surface area contributed by atoms with Gasteiger partial charge in [-0.15, -0.1) is 0 Å². The number of hydrogen-bond donors (Lipinski definition) is 4. The van der Waals surface area contributed by atoms with Crippen molar-refractivity contribution in [1.82, 2.24) is 20.1 Å². The average molecular weight is 585 g/mol. The molecule has 2 aromatic carbocycles. The van der Waals surface area contributed by atoms with Gasteiger partial charge in [0, 0.05) is 42.4 Å². The maximum Gasteiger partial charge on any atom is 0.280 e. The van der Waals surface area contributed by atoms with Gasteiger partial charge in [-0.1, -0.05) is 42.5 Å². The zero-order valence-corrected chi connectivity index (χ0v) is 24.5. The summed E-state index contributed by atoms with van der Waals surface area (Å²) in [6, 6.07) is 14.6. The molecule has 4 fully saturated rings. The van der Waals surface area contributed by atoms with Crippen LogP contribution in [0.2, 0.25) is 0 Å². The quantitative estimate of drug-likeness (QED) is 0.360. The number of aromatic nitrogens is 1. The minimum Gasteiger partial charge on any atom is -0.361 e. The van der Waals surface area contributed by atoms with E-state index in [1.807, 2.05) is 30.3 Å². The Bertz CT molecular complexity index is 1640. The number of fused-ring (bicyclic) bond motifs is 5. The van der Waals surface area contributed by atoms with Crippen molar-refractivity contribution < 1.29 is 29.1 Å². The summed E-state index contributed by atoms with van der Waals surface area (Å²) in [6.45, 7) is 2.65. The number of likely N-dealkylation sites (tertiary alicyclic amines) is 1. The Morgan fingerprint density at radius 3 is 2.81 bits per heavy atom. The lowest BCUT2D eigenvalue weighted by molar-refractivity contribution is -0.915. The first-order valence-corrected chi connectivity index (χ1v) is 15.5. The average Bonchev–Trinajstić information content (AvgIpc) is 3.70. The topological polar surface area (TPSA) is 119 Å². The molecule has 1 aliphatic carbocycles. The minimum absolute atomic E-state index is 0.192. The van der Waals surface area contributed by atoms with Crippen LogP contribution in [0.3, 0.4) is 0 Å². The number of hydrogen-bond acceptors (Lipinski definition) is 5. The minimum atomic E-state index is -2.02. The molecular formula is C33H38N5O5+. The Hall–Kier alpha value is -3.73. The maximum atomic E-state index is 14.2. The molecule has 0 radical (unpaired) electrons. The molecule has 1 aromatic heterocycles. The van der Waals surface area contributed by atoms with Crippen LogP contribution < -0.4 is 10.2 Å². The third kappa shape index (κ3) is 3.86. The molecule has 4 saturated heterocycles. The number of piperidine rings is 1. The third-order valence-electron chi connectivity index (χ3n) is 10.8. The number of amides is 3. The van der Waals surface area contributed by atoms with Gasteiger partial charge in [0.05, 0.1) is 25.6 Å². The normalized spacial score (nSPS) is 36.4. The van der Waals surface area contributed by atoms with Gasteiger partial charge < -0.3 is 25.2 Å². The van der Waals surface area contributed by atoms with E-state index in [-0.39, 0.29) is 30.1 Å². The Kier molecular flexibility index (Phi) is 5.86. The molecular weight excluding hydrogens is 546 g/mol. The van der Waals surface area contributed by atoms with Crippen molar-refractivity contribution in [3.05, 3.63) is 71.4 Å². The van der Waals surface area contributed by atoms with E-state index in [2.05, 4.69) is 41.7 Å². The Labute approximate surface area is 250 Å². The Morgan fingerprint density at radius 2 is 2.00 bits per heavy atom. The van der Waals surface area contributed by atoms with Gasteiger partial charge in [-0.2, -0.15) is 0 Å². The van der Waals surface area contributed by atoms with Crippen molar-refractivity contribution in [2.75, 3.05) is 20.1 Å². The molecule has 3 amide bonds. The fourth-order valence-electron chi connectivity index (χ4n) is 8.81. The largest absolute Gasteiger partial charge is 0.361 e. The van der Waals surface area contributed by atoms with Crippen molar-refractivity contribution in [2.24, 2.45) is 5.92 Å². The molecule has 10 nitrogen and oxygen atoms in total. The molecule has 4 N–H and O–H groups in total. The molecule has 1 unspecified atom stereocenters. The number of likely N-dealkylation sites (N-methyl/N-ethyl adjacent to an activating group) is 1. The number of quaternary nitrogens is 1. The molecule has 0 bridgehead atoms. The molecule has 43 heavy (non-hydrogen) atoms. The molecule has 5 aliphatic rings. The number of H-pyrrole nitrogens is 1. The fourth-order valence-corrected chi connectivity index (χ4v) is 8.81. The van der Waals surface area contributed by atoms with E-state index < -0.39 is 29.6 Å². The summed E-state index contributed by atoms with van der Waals surface area (Å²) in [4.78, 5) is 49.5. The standard InChI is InChI=1S/C33H37N5O5/c1-32(35-29(39)21-15-23-22-10-6-11-24-28(22)20(17-34-24)16-25(23)36(2)18-21)31(41)38-26(14-19-8-4-3-5-9-19)30(40)37-13-7-12-27(37)33(38,42)43-32/h3-6,8-11,17,21,23,25-27,34,42H,7,12-16,18H2,1-2H3,(H,35,39)/p+1/t21-,23-,25-,26+,27+,32-,33+/m1/s1. The van der Waals surface area contributed by atoms with Crippen molar-refractivity contribution in [3.63, 3.8) is 0 Å². The van der Waals surface area contributed by atoms with E-state index >= 15 is 0 Å². The highest BCUT2D eigenvalue weighted by atomic mass is 16.7. The lowest BCUT2D eigenvalue weighted by atomic mass is 9.72. The highest BCUT2D eigenvalue weighted by Crippen LogP contribution is 2.46. The molecule has 5 heterocycles. The van der Waals surface area contributed by atoms with Crippen molar-refractivity contribution in [1.29, 1.82) is 0 Å². The van der Waals surface area contributed by atoms with E-state index in [4.69, 9.17) is 4.74 Å². The van der Waals surface area contributed by atoms with Gasteiger partial charge in [0.25, 0.3) is 11.8 Å². The van der Waals surface area contributed by atoms with Crippen LogP contribution in [0.25, 0.3) is 10.9 Å². The molecule has 3 aromatic rings. The zero-order valence-electron chi connectivity index (χ0n) is 24.5. The van der Waals surface area contributed by atoms with E-state index in [9.17, 15) is 19.5 Å². The first-order chi connectivity index (χ1) is 20.7. The molecule has 8 atom stereocenters. The second kappa shape index (κ2) is 9.38. The van der Waals surface area contributed by atoms with Gasteiger partial charge in [-0.25, -0.2) is 0 Å². The summed E-state index contributed by atoms with van der Waals surface area (Å²) in [6.07, 6.45) is 5.21. The lowest BCUT2D eigenvalue weighted by Crippen LogP contribution is -3.16. The third-order valence-corrected chi connectivity index (χ3v) is 10.8. The number of piperazine rings is 1. The van der Waals surface area contributed by atoms with Crippen molar-refractivity contribution in [3.8, 4) is 0 Å². The Morgan fingerprint density at radius 1 is 1.19 bits per heavy atom. The van der Waals surface area contributed by atoms with Crippen LogP contribution in [0.1, 0.15) is 48.8 Å². The summed E-state index contributed by atoms with van der Waals surface area (Å²) >= 11 is 0. The molecule has 8 rings (SSSR count). The molecule has 10 heteroatoms. The number of rotatable bonds is 4. The van der Waals surface area contributed by atoms with E-state index in [0.717, 1.165) is 17.5 Å². The number of nitrogens with one attached hydrogen (secondary N) is 3. The summed E-state index contributed by atoms with van der Waals surface area (Å²) in [5.41, 5.74) is 2.80. The fraction of sp³-hybridized carbons (Fsp3) is 0.485. The molecule has 0 saturated carbocycles. The monoisotopic (exact) mass is 584 g/mol. The highest BCUT2D eigenvalue weighted by molar-refractivity contribution is 5.97. The van der Waals surface area contributed by atoms with Crippen LogP contribution in [0.15, 0.2) is 54.7 Å². The molecule has 4 aliphatic heterocycles. The number of nitrogens with zero attached hydrogens (tertiary/aromatic N) is 2. The van der Waals surface area contributed by atoms with Gasteiger partial charge in [-0.3, -0.25) is 24.0 Å². The second-order valence-corrected chi connectivity index (χ2v) is 13.3. The predicted octanol–water partition coefficient (Wildman–Crippen LogP) is 0.664. The molecule has 0 spiro atoms.